The van der Waals surface area contributed by atoms with Gasteiger partial charge in [0.25, 0.3) is 0 Å². The van der Waals surface area contributed by atoms with Crippen molar-refractivity contribution in [1.82, 2.24) is 9.38 Å². The van der Waals surface area contributed by atoms with Crippen LogP contribution in [-0.2, 0) is 0 Å². The van der Waals surface area contributed by atoms with E-state index in [1.165, 1.54) is 0 Å². The molecule has 0 saturated heterocycles. The molecule has 56 valence electrons. The highest BCUT2D eigenvalue weighted by molar-refractivity contribution is 9.10. The Morgan fingerprint density at radius 3 is 3.09 bits per heavy atom. The molecule has 0 unspecified atom stereocenters. The minimum atomic E-state index is 0.626. The maximum absolute atomic E-state index is 5.82. The Kier molecular flexibility index (Phi) is 1.62. The highest BCUT2D eigenvalue weighted by Gasteiger charge is 2.01. The molecule has 0 aliphatic rings. The Morgan fingerprint density at radius 2 is 2.36 bits per heavy atom. The summed E-state index contributed by atoms with van der Waals surface area (Å²) in [6, 6.07) is 3.84. The molecule has 0 amide bonds. The van der Waals surface area contributed by atoms with E-state index in [0.717, 1.165) is 10.1 Å². The monoisotopic (exact) mass is 230 g/mol. The molecule has 2 nitrogen and oxygen atoms in total. The zero-order valence-corrected chi connectivity index (χ0v) is 7.80. The third-order valence-electron chi connectivity index (χ3n) is 1.44. The number of nitrogens with zero attached hydrogens (tertiary/aromatic N) is 2. The fraction of sp³-hybridized carbons (Fsp3) is 0. The topological polar surface area (TPSA) is 17.3 Å². The van der Waals surface area contributed by atoms with Crippen molar-refractivity contribution in [2.75, 3.05) is 0 Å². The van der Waals surface area contributed by atoms with Crippen molar-refractivity contribution >= 4 is 33.2 Å². The van der Waals surface area contributed by atoms with E-state index >= 15 is 0 Å². The number of imidazole rings is 1. The summed E-state index contributed by atoms with van der Waals surface area (Å²) < 4.78 is 2.76. The SMILES string of the molecule is Clc1cnc2c(Br)cccn12. The molecular formula is C7H4BrClN2. The van der Waals surface area contributed by atoms with Crippen LogP contribution in [0.4, 0.5) is 0 Å². The first kappa shape index (κ1) is 7.13. The van der Waals surface area contributed by atoms with Gasteiger partial charge in [0.1, 0.15) is 5.15 Å². The lowest BCUT2D eigenvalue weighted by atomic mass is 10.5. The second-order valence-electron chi connectivity index (χ2n) is 2.13. The van der Waals surface area contributed by atoms with E-state index < -0.39 is 0 Å². The van der Waals surface area contributed by atoms with Crippen LogP contribution >= 0.6 is 27.5 Å². The van der Waals surface area contributed by atoms with Crippen LogP contribution in [0.1, 0.15) is 0 Å². The average Bonchev–Trinajstić information content (AvgIpc) is 2.35. The van der Waals surface area contributed by atoms with Gasteiger partial charge in [0.2, 0.25) is 0 Å². The predicted molar refractivity (Wildman–Crippen MR) is 47.9 cm³/mol. The molecular weight excluding hydrogens is 227 g/mol. The molecule has 11 heavy (non-hydrogen) atoms. The lowest BCUT2D eigenvalue weighted by molar-refractivity contribution is 1.18. The Morgan fingerprint density at radius 1 is 1.55 bits per heavy atom. The Bertz CT molecular complexity index is 396. The smallest absolute Gasteiger partial charge is 0.152 e. The third-order valence-corrected chi connectivity index (χ3v) is 2.34. The molecule has 4 heteroatoms. The fourth-order valence-corrected chi connectivity index (χ4v) is 1.58. The zero-order chi connectivity index (χ0) is 7.84. The van der Waals surface area contributed by atoms with Crippen LogP contribution in [0, 0.1) is 0 Å². The van der Waals surface area contributed by atoms with E-state index in [1.54, 1.807) is 6.20 Å². The van der Waals surface area contributed by atoms with Gasteiger partial charge in [-0.15, -0.1) is 0 Å². The summed E-state index contributed by atoms with van der Waals surface area (Å²) in [6.07, 6.45) is 3.50. The van der Waals surface area contributed by atoms with Crippen molar-refractivity contribution in [3.05, 3.63) is 34.2 Å². The van der Waals surface area contributed by atoms with Gasteiger partial charge in [-0.05, 0) is 28.1 Å². The van der Waals surface area contributed by atoms with Crippen molar-refractivity contribution < 1.29 is 0 Å². The van der Waals surface area contributed by atoms with E-state index in [2.05, 4.69) is 20.9 Å². The summed E-state index contributed by atoms with van der Waals surface area (Å²) in [5.74, 6) is 0. The first-order valence-electron chi connectivity index (χ1n) is 3.06. The van der Waals surface area contributed by atoms with Crippen molar-refractivity contribution in [3.8, 4) is 0 Å². The van der Waals surface area contributed by atoms with Crippen LogP contribution in [0.2, 0.25) is 5.15 Å². The van der Waals surface area contributed by atoms with Gasteiger partial charge < -0.3 is 0 Å². The highest BCUT2D eigenvalue weighted by atomic mass is 79.9. The number of pyridine rings is 1. The molecule has 0 atom stereocenters. The van der Waals surface area contributed by atoms with Crippen LogP contribution in [0.25, 0.3) is 5.65 Å². The van der Waals surface area contributed by atoms with Gasteiger partial charge in [-0.3, -0.25) is 4.40 Å². The number of hydrogen-bond donors (Lipinski definition) is 0. The van der Waals surface area contributed by atoms with Crippen LogP contribution < -0.4 is 0 Å². The minimum absolute atomic E-state index is 0.626. The van der Waals surface area contributed by atoms with E-state index in [4.69, 9.17) is 11.6 Å². The van der Waals surface area contributed by atoms with Gasteiger partial charge in [-0.1, -0.05) is 11.6 Å². The summed E-state index contributed by atoms with van der Waals surface area (Å²) in [7, 11) is 0. The maximum atomic E-state index is 5.82. The molecule has 0 aromatic carbocycles. The van der Waals surface area contributed by atoms with Crippen LogP contribution in [-0.4, -0.2) is 9.38 Å². The second kappa shape index (κ2) is 2.50. The van der Waals surface area contributed by atoms with Gasteiger partial charge in [0.15, 0.2) is 5.65 Å². The lowest BCUT2D eigenvalue weighted by Crippen LogP contribution is -1.82. The first-order valence-corrected chi connectivity index (χ1v) is 4.23. The first-order chi connectivity index (χ1) is 5.29. The molecule has 0 N–H and O–H groups in total. The number of fused-ring (bicyclic) bond motifs is 1. The quantitative estimate of drug-likeness (QED) is 0.681. The molecule has 2 aromatic rings. The molecule has 2 heterocycles. The van der Waals surface area contributed by atoms with Crippen LogP contribution in [0.3, 0.4) is 0 Å². The Labute approximate surface area is 76.9 Å². The highest BCUT2D eigenvalue weighted by Crippen LogP contribution is 2.19. The largest absolute Gasteiger partial charge is 0.290 e. The summed E-state index contributed by atoms with van der Waals surface area (Å²) in [4.78, 5) is 4.10. The normalized spacial score (nSPS) is 10.7. The molecule has 2 rings (SSSR count). The molecule has 0 radical (unpaired) electrons. The fourth-order valence-electron chi connectivity index (χ4n) is 0.947. The van der Waals surface area contributed by atoms with Crippen molar-refractivity contribution in [1.29, 1.82) is 0 Å². The second-order valence-corrected chi connectivity index (χ2v) is 3.37. The average molecular weight is 231 g/mol. The summed E-state index contributed by atoms with van der Waals surface area (Å²) >= 11 is 9.19. The summed E-state index contributed by atoms with van der Waals surface area (Å²) in [5, 5.41) is 0.626. The molecule has 0 saturated carbocycles. The standard InChI is InChI=1S/C7H4BrClN2/c8-5-2-1-3-11-6(9)4-10-7(5)11/h1-4H. The Hall–Kier alpha value is -0.540. The molecule has 0 spiro atoms. The van der Waals surface area contributed by atoms with Crippen molar-refractivity contribution in [2.24, 2.45) is 0 Å². The molecule has 0 bridgehead atoms. The van der Waals surface area contributed by atoms with Crippen LogP contribution in [0.5, 0.6) is 0 Å². The molecule has 0 fully saturated rings. The minimum Gasteiger partial charge on any atom is -0.290 e. The Balaban J connectivity index is 2.94. The van der Waals surface area contributed by atoms with Gasteiger partial charge in [-0.25, -0.2) is 4.98 Å². The molecule has 0 aliphatic carbocycles. The van der Waals surface area contributed by atoms with Crippen LogP contribution in [0.15, 0.2) is 29.0 Å². The maximum Gasteiger partial charge on any atom is 0.152 e. The van der Waals surface area contributed by atoms with Gasteiger partial charge in [0, 0.05) is 6.20 Å². The van der Waals surface area contributed by atoms with E-state index in [0.29, 0.717) is 5.15 Å². The van der Waals surface area contributed by atoms with E-state index in [-0.39, 0.29) is 0 Å². The lowest BCUT2D eigenvalue weighted by Gasteiger charge is -1.94. The predicted octanol–water partition coefficient (Wildman–Crippen LogP) is 2.75. The van der Waals surface area contributed by atoms with Gasteiger partial charge in [0.05, 0.1) is 10.7 Å². The van der Waals surface area contributed by atoms with Gasteiger partial charge >= 0.3 is 0 Å². The molecule has 2 aromatic heterocycles. The number of halogens is 2. The zero-order valence-electron chi connectivity index (χ0n) is 5.46. The van der Waals surface area contributed by atoms with E-state index in [9.17, 15) is 0 Å². The summed E-state index contributed by atoms with van der Waals surface area (Å²) in [6.45, 7) is 0. The number of hydrogen-bond acceptors (Lipinski definition) is 1. The van der Waals surface area contributed by atoms with Gasteiger partial charge in [-0.2, -0.15) is 0 Å². The number of aromatic nitrogens is 2. The number of rotatable bonds is 0. The third kappa shape index (κ3) is 1.04. The van der Waals surface area contributed by atoms with Crippen molar-refractivity contribution in [2.45, 2.75) is 0 Å². The van der Waals surface area contributed by atoms with Crippen molar-refractivity contribution in [3.63, 3.8) is 0 Å². The summed E-state index contributed by atoms with van der Waals surface area (Å²) in [5.41, 5.74) is 0.845. The molecule has 0 aliphatic heterocycles. The van der Waals surface area contributed by atoms with E-state index in [1.807, 2.05) is 22.7 Å².